The Hall–Kier alpha value is -3.63. The normalized spacial score (nSPS) is 11.4. The minimum Gasteiger partial charge on any atom is -0.477 e. The number of H-pyrrole nitrogens is 1. The van der Waals surface area contributed by atoms with Gasteiger partial charge in [0.2, 0.25) is 0 Å². The summed E-state index contributed by atoms with van der Waals surface area (Å²) in [7, 11) is 0. The zero-order chi connectivity index (χ0) is 25.2. The van der Waals surface area contributed by atoms with E-state index < -0.39 is 17.3 Å². The molecule has 0 aliphatic heterocycles. The van der Waals surface area contributed by atoms with E-state index in [-0.39, 0.29) is 24.5 Å². The maximum atomic E-state index is 13.1. The Labute approximate surface area is 210 Å². The highest BCUT2D eigenvalue weighted by atomic mass is 35.5. The molecule has 4 aromatic rings. The van der Waals surface area contributed by atoms with Gasteiger partial charge in [0.05, 0.1) is 27.6 Å². The number of carbonyl (C=O) groups is 2. The number of nitrogens with one attached hydrogen (secondary N) is 3. The number of halogens is 1. The SMILES string of the molecule is [CH2-]C(C)(C)OC(=O)NCCn1c(-c2sccc2Cl)c(NC(=O)c2ccccc2)c2nc[nH]c(=O)c21. The Kier molecular flexibility index (Phi) is 6.95. The van der Waals surface area contributed by atoms with Gasteiger partial charge in [-0.25, -0.2) is 9.78 Å². The molecule has 0 unspecified atom stereocenters. The van der Waals surface area contributed by atoms with Crippen LogP contribution in [0.25, 0.3) is 21.6 Å². The molecule has 0 radical (unpaired) electrons. The van der Waals surface area contributed by atoms with Gasteiger partial charge in [-0.05, 0) is 29.2 Å². The molecule has 0 atom stereocenters. The van der Waals surface area contributed by atoms with Crippen molar-refractivity contribution in [3.63, 3.8) is 0 Å². The summed E-state index contributed by atoms with van der Waals surface area (Å²) in [5.41, 5.74) is 0.566. The van der Waals surface area contributed by atoms with Crippen LogP contribution in [0.2, 0.25) is 5.02 Å². The van der Waals surface area contributed by atoms with Crippen molar-refractivity contribution in [2.45, 2.75) is 26.0 Å². The van der Waals surface area contributed by atoms with E-state index in [0.29, 0.717) is 32.4 Å². The first-order valence-electron chi connectivity index (χ1n) is 10.7. The van der Waals surface area contributed by atoms with Crippen LogP contribution in [0, 0.1) is 6.92 Å². The second-order valence-electron chi connectivity index (χ2n) is 8.30. The monoisotopic (exact) mass is 512 g/mol. The Morgan fingerprint density at radius 2 is 2.00 bits per heavy atom. The first-order valence-corrected chi connectivity index (χ1v) is 11.9. The molecule has 9 nitrogen and oxygen atoms in total. The summed E-state index contributed by atoms with van der Waals surface area (Å²) in [5.74, 6) is -0.361. The van der Waals surface area contributed by atoms with Crippen molar-refractivity contribution in [2.75, 3.05) is 11.9 Å². The number of thiophene rings is 1. The number of anilines is 1. The molecule has 182 valence electrons. The summed E-state index contributed by atoms with van der Waals surface area (Å²) < 4.78 is 6.88. The number of hydrogen-bond donors (Lipinski definition) is 3. The van der Waals surface area contributed by atoms with Crippen molar-refractivity contribution < 1.29 is 14.3 Å². The van der Waals surface area contributed by atoms with Gasteiger partial charge in [0.15, 0.2) is 0 Å². The standard InChI is InChI=1S/C24H23ClN5O4S/c1-24(2,3)34-23(33)26-10-11-30-18(20-15(25)9-12-35-20)17(16-19(30)22(32)28-13-27-16)29-21(31)14-7-5-4-6-8-14/h4-9,12-13H,1,10-11H2,2-3H3,(H,26,33)(H,29,31)(H,27,28,32)/q-1. The molecule has 0 saturated heterocycles. The third-order valence-corrected chi connectivity index (χ3v) is 6.27. The maximum Gasteiger partial charge on any atom is 0.405 e. The molecule has 3 aromatic heterocycles. The highest BCUT2D eigenvalue weighted by Crippen LogP contribution is 2.42. The van der Waals surface area contributed by atoms with Crippen LogP contribution in [0.1, 0.15) is 24.2 Å². The molecule has 0 saturated carbocycles. The molecular weight excluding hydrogens is 490 g/mol. The molecule has 1 aromatic carbocycles. The molecule has 0 bridgehead atoms. The van der Waals surface area contributed by atoms with E-state index in [9.17, 15) is 14.4 Å². The lowest BCUT2D eigenvalue weighted by molar-refractivity contribution is 0.0701. The van der Waals surface area contributed by atoms with Crippen LogP contribution in [-0.4, -0.2) is 38.7 Å². The van der Waals surface area contributed by atoms with Gasteiger partial charge in [-0.3, -0.25) is 9.59 Å². The van der Waals surface area contributed by atoms with E-state index in [4.69, 9.17) is 16.3 Å². The van der Waals surface area contributed by atoms with Gasteiger partial charge in [-0.1, -0.05) is 43.6 Å². The van der Waals surface area contributed by atoms with E-state index in [1.165, 1.54) is 17.7 Å². The van der Waals surface area contributed by atoms with Crippen molar-refractivity contribution in [1.29, 1.82) is 0 Å². The number of benzene rings is 1. The first-order chi connectivity index (χ1) is 16.7. The fourth-order valence-electron chi connectivity index (χ4n) is 3.56. The van der Waals surface area contributed by atoms with Gasteiger partial charge in [0.1, 0.15) is 11.0 Å². The van der Waals surface area contributed by atoms with E-state index in [0.717, 1.165) is 0 Å². The van der Waals surface area contributed by atoms with Crippen LogP contribution in [0.4, 0.5) is 10.5 Å². The smallest absolute Gasteiger partial charge is 0.405 e. The number of hydrogen-bond acceptors (Lipinski definition) is 6. The number of aromatic nitrogens is 3. The van der Waals surface area contributed by atoms with Crippen LogP contribution < -0.4 is 16.2 Å². The number of alkyl carbamates (subject to hydrolysis) is 1. The number of nitrogens with zero attached hydrogens (tertiary/aromatic N) is 2. The van der Waals surface area contributed by atoms with Crippen LogP contribution in [-0.2, 0) is 11.3 Å². The lowest BCUT2D eigenvalue weighted by Gasteiger charge is -2.26. The van der Waals surface area contributed by atoms with Crippen LogP contribution in [0.5, 0.6) is 0 Å². The largest absolute Gasteiger partial charge is 0.477 e. The van der Waals surface area contributed by atoms with Crippen molar-refractivity contribution in [1.82, 2.24) is 19.9 Å². The molecule has 4 rings (SSSR count). The highest BCUT2D eigenvalue weighted by molar-refractivity contribution is 7.14. The van der Waals surface area contributed by atoms with Crippen molar-refractivity contribution in [3.05, 3.63) is 76.0 Å². The summed E-state index contributed by atoms with van der Waals surface area (Å²) in [6.07, 6.45) is 0.640. The molecule has 2 amide bonds. The van der Waals surface area contributed by atoms with E-state index in [2.05, 4.69) is 27.5 Å². The number of amides is 2. The zero-order valence-corrected chi connectivity index (χ0v) is 20.6. The second-order valence-corrected chi connectivity index (χ2v) is 9.62. The van der Waals surface area contributed by atoms with Gasteiger partial charge >= 0.3 is 6.09 Å². The number of aromatic amines is 1. The van der Waals surface area contributed by atoms with E-state index in [1.807, 2.05) is 11.4 Å². The van der Waals surface area contributed by atoms with Crippen LogP contribution in [0.3, 0.4) is 0 Å². The fourth-order valence-corrected chi connectivity index (χ4v) is 4.76. The number of fused-ring (bicyclic) bond motifs is 1. The Balaban J connectivity index is 1.79. The third kappa shape index (κ3) is 5.39. The average molecular weight is 513 g/mol. The summed E-state index contributed by atoms with van der Waals surface area (Å²) in [6.45, 7) is 7.39. The van der Waals surface area contributed by atoms with Gasteiger partial charge in [-0.2, -0.15) is 0 Å². The summed E-state index contributed by atoms with van der Waals surface area (Å²) in [5, 5.41) is 7.85. The Morgan fingerprint density at radius 3 is 2.66 bits per heavy atom. The van der Waals surface area contributed by atoms with Crippen molar-refractivity contribution >= 4 is 51.7 Å². The summed E-state index contributed by atoms with van der Waals surface area (Å²) >= 11 is 7.84. The molecule has 0 fully saturated rings. The molecule has 0 spiro atoms. The van der Waals surface area contributed by atoms with Crippen molar-refractivity contribution in [2.24, 2.45) is 0 Å². The molecule has 35 heavy (non-hydrogen) atoms. The van der Waals surface area contributed by atoms with Crippen LogP contribution >= 0.6 is 22.9 Å². The summed E-state index contributed by atoms with van der Waals surface area (Å²) in [4.78, 5) is 45.6. The predicted molar refractivity (Wildman–Crippen MR) is 137 cm³/mol. The van der Waals surface area contributed by atoms with Gasteiger partial charge in [-0.15, -0.1) is 11.3 Å². The maximum absolute atomic E-state index is 13.1. The Bertz CT molecular complexity index is 1440. The van der Waals surface area contributed by atoms with E-state index >= 15 is 0 Å². The van der Waals surface area contributed by atoms with Gasteiger partial charge < -0.3 is 31.8 Å². The van der Waals surface area contributed by atoms with Gasteiger partial charge in [0.25, 0.3) is 11.5 Å². The second kappa shape index (κ2) is 9.93. The Morgan fingerprint density at radius 1 is 1.26 bits per heavy atom. The highest BCUT2D eigenvalue weighted by Gasteiger charge is 2.26. The fraction of sp³-hybridized carbons (Fsp3) is 0.208. The minimum absolute atomic E-state index is 0.134. The van der Waals surface area contributed by atoms with Crippen LogP contribution in [0.15, 0.2) is 52.9 Å². The van der Waals surface area contributed by atoms with E-state index in [1.54, 1.807) is 48.7 Å². The first kappa shape index (κ1) is 24.5. The topological polar surface area (TPSA) is 118 Å². The predicted octanol–water partition coefficient (Wildman–Crippen LogP) is 4.70. The zero-order valence-electron chi connectivity index (χ0n) is 19.1. The molecular formula is C24H23ClN5O4S-. The lowest BCUT2D eigenvalue weighted by atomic mass is 10.2. The molecule has 0 aliphatic carbocycles. The van der Waals surface area contributed by atoms with Gasteiger partial charge in [0, 0.05) is 18.7 Å². The number of rotatable bonds is 7. The third-order valence-electron chi connectivity index (χ3n) is 4.92. The molecule has 3 heterocycles. The lowest BCUT2D eigenvalue weighted by Crippen LogP contribution is -2.34. The molecule has 3 N–H and O–H groups in total. The number of ether oxygens (including phenoxy) is 1. The average Bonchev–Trinajstić information content (AvgIpc) is 3.34. The quantitative estimate of drug-likeness (QED) is 0.310. The molecule has 0 aliphatic rings. The molecule has 11 heteroatoms. The minimum atomic E-state index is -0.893. The number of carbonyl (C=O) groups excluding carboxylic acids is 2. The summed E-state index contributed by atoms with van der Waals surface area (Å²) in [6, 6.07) is 10.4. The van der Waals surface area contributed by atoms with Crippen molar-refractivity contribution in [3.8, 4) is 10.6 Å².